The van der Waals surface area contributed by atoms with Gasteiger partial charge < -0.3 is 9.90 Å². The SMILES string of the molecule is CCCCCCCC/C=C\CCCCCCCC(=O)C(CC)(CC)C(=O)[O-].[Na+]. The molecule has 0 aromatic carbocycles. The molecule has 3 nitrogen and oxygen atoms in total. The van der Waals surface area contributed by atoms with Gasteiger partial charge in [-0.1, -0.05) is 84.3 Å². The number of carbonyl (C=O) groups excluding carboxylic acids is 2. The summed E-state index contributed by atoms with van der Waals surface area (Å²) < 4.78 is 0. The number of unbranched alkanes of at least 4 members (excludes halogenated alkanes) is 11. The van der Waals surface area contributed by atoms with Crippen LogP contribution in [-0.2, 0) is 9.59 Å². The predicted molar refractivity (Wildman–Crippen MR) is 112 cm³/mol. The van der Waals surface area contributed by atoms with Gasteiger partial charge in [0.25, 0.3) is 0 Å². The van der Waals surface area contributed by atoms with Crippen LogP contribution in [0.4, 0.5) is 0 Å². The molecule has 0 aliphatic carbocycles. The Morgan fingerprint density at radius 2 is 1.14 bits per heavy atom. The Balaban J connectivity index is 0. The van der Waals surface area contributed by atoms with Crippen LogP contribution in [0.3, 0.4) is 0 Å². The van der Waals surface area contributed by atoms with E-state index in [4.69, 9.17) is 0 Å². The van der Waals surface area contributed by atoms with Crippen molar-refractivity contribution in [2.24, 2.45) is 5.41 Å². The second-order valence-corrected chi connectivity index (χ2v) is 7.83. The number of carbonyl (C=O) groups is 2. The zero-order valence-electron chi connectivity index (χ0n) is 19.2. The number of allylic oxidation sites excluding steroid dienone is 2. The fourth-order valence-corrected chi connectivity index (χ4v) is 3.64. The van der Waals surface area contributed by atoms with Crippen molar-refractivity contribution in [1.29, 1.82) is 0 Å². The minimum atomic E-state index is -1.26. The Labute approximate surface area is 196 Å². The van der Waals surface area contributed by atoms with Crippen molar-refractivity contribution in [3.63, 3.8) is 0 Å². The molecule has 0 radical (unpaired) electrons. The first-order valence-electron chi connectivity index (χ1n) is 11.4. The average molecular weight is 403 g/mol. The molecule has 0 aromatic rings. The van der Waals surface area contributed by atoms with Gasteiger partial charge in [0.2, 0.25) is 0 Å². The van der Waals surface area contributed by atoms with E-state index in [0.717, 1.165) is 25.7 Å². The Hall–Kier alpha value is -0.120. The number of ketones is 1. The number of rotatable bonds is 19. The van der Waals surface area contributed by atoms with E-state index in [-0.39, 0.29) is 35.3 Å². The zero-order chi connectivity index (χ0) is 20.4. The van der Waals surface area contributed by atoms with Gasteiger partial charge in [-0.15, -0.1) is 0 Å². The second kappa shape index (κ2) is 20.2. The summed E-state index contributed by atoms with van der Waals surface area (Å²) in [6.07, 6.45) is 21.5. The van der Waals surface area contributed by atoms with Crippen LogP contribution in [0.25, 0.3) is 0 Å². The molecule has 0 heterocycles. The molecule has 0 saturated heterocycles. The number of hydrogen-bond donors (Lipinski definition) is 0. The van der Waals surface area contributed by atoms with E-state index in [1.54, 1.807) is 13.8 Å². The van der Waals surface area contributed by atoms with Crippen molar-refractivity contribution in [3.8, 4) is 0 Å². The van der Waals surface area contributed by atoms with E-state index in [1.807, 2.05) is 0 Å². The van der Waals surface area contributed by atoms with E-state index in [9.17, 15) is 14.7 Å². The van der Waals surface area contributed by atoms with E-state index >= 15 is 0 Å². The molecule has 0 aliphatic rings. The van der Waals surface area contributed by atoms with Gasteiger partial charge in [-0.2, -0.15) is 0 Å². The first-order valence-corrected chi connectivity index (χ1v) is 11.4. The Kier molecular flexibility index (Phi) is 21.7. The third-order valence-corrected chi connectivity index (χ3v) is 5.80. The zero-order valence-corrected chi connectivity index (χ0v) is 21.2. The monoisotopic (exact) mass is 402 g/mol. The van der Waals surface area contributed by atoms with E-state index in [0.29, 0.717) is 19.3 Å². The number of carboxylic acid groups (broad SMARTS) is 1. The minimum absolute atomic E-state index is 0. The molecule has 0 rings (SSSR count). The molecule has 0 N–H and O–H groups in total. The Morgan fingerprint density at radius 3 is 1.57 bits per heavy atom. The molecule has 0 amide bonds. The largest absolute Gasteiger partial charge is 1.00 e. The predicted octanol–water partition coefficient (Wildman–Crippen LogP) is 3.15. The molecule has 4 heteroatoms. The Bertz CT molecular complexity index is 414. The maximum absolute atomic E-state index is 12.3. The third kappa shape index (κ3) is 13.2. The first kappa shape index (κ1) is 30.1. The van der Waals surface area contributed by atoms with Crippen LogP contribution in [0.15, 0.2) is 12.2 Å². The first-order chi connectivity index (χ1) is 13.0. The van der Waals surface area contributed by atoms with E-state index < -0.39 is 11.4 Å². The summed E-state index contributed by atoms with van der Waals surface area (Å²) in [7, 11) is 0. The van der Waals surface area contributed by atoms with Gasteiger partial charge in [-0.25, -0.2) is 0 Å². The van der Waals surface area contributed by atoms with Crippen molar-refractivity contribution in [3.05, 3.63) is 12.2 Å². The quantitative estimate of drug-likeness (QED) is 0.144. The molecule has 0 unspecified atom stereocenters. The molecule has 28 heavy (non-hydrogen) atoms. The molecule has 0 saturated carbocycles. The van der Waals surface area contributed by atoms with Crippen LogP contribution in [-0.4, -0.2) is 11.8 Å². The Morgan fingerprint density at radius 1 is 0.714 bits per heavy atom. The van der Waals surface area contributed by atoms with Crippen molar-refractivity contribution in [2.45, 2.75) is 124 Å². The van der Waals surface area contributed by atoms with E-state index in [2.05, 4.69) is 19.1 Å². The van der Waals surface area contributed by atoms with Gasteiger partial charge >= 0.3 is 29.6 Å². The van der Waals surface area contributed by atoms with Crippen LogP contribution < -0.4 is 34.7 Å². The van der Waals surface area contributed by atoms with Gasteiger partial charge in [0, 0.05) is 6.42 Å². The van der Waals surface area contributed by atoms with E-state index in [1.165, 1.54) is 57.8 Å². The summed E-state index contributed by atoms with van der Waals surface area (Å²) in [5, 5.41) is 11.3. The summed E-state index contributed by atoms with van der Waals surface area (Å²) in [4.78, 5) is 23.6. The number of hydrogen-bond acceptors (Lipinski definition) is 3. The maximum Gasteiger partial charge on any atom is 1.00 e. The second-order valence-electron chi connectivity index (χ2n) is 7.83. The maximum atomic E-state index is 12.3. The summed E-state index contributed by atoms with van der Waals surface area (Å²) in [6.45, 7) is 5.77. The van der Waals surface area contributed by atoms with Gasteiger partial charge in [-0.05, 0) is 44.9 Å². The molecule has 0 bridgehead atoms. The number of Topliss-reactive ketones (excluding diaryl/α,β-unsaturated/α-hetero) is 1. The third-order valence-electron chi connectivity index (χ3n) is 5.80. The van der Waals surface area contributed by atoms with Gasteiger partial charge in [-0.3, -0.25) is 4.79 Å². The minimum Gasteiger partial charge on any atom is -0.549 e. The van der Waals surface area contributed by atoms with Gasteiger partial charge in [0.1, 0.15) is 5.78 Å². The van der Waals surface area contributed by atoms with Gasteiger partial charge in [0.15, 0.2) is 0 Å². The molecular formula is C24H43NaO3. The van der Waals surface area contributed by atoms with Crippen LogP contribution in [0.1, 0.15) is 124 Å². The molecule has 0 aliphatic heterocycles. The van der Waals surface area contributed by atoms with Gasteiger partial charge in [0.05, 0.1) is 11.4 Å². The summed E-state index contributed by atoms with van der Waals surface area (Å²) in [5.74, 6) is -1.35. The summed E-state index contributed by atoms with van der Waals surface area (Å²) >= 11 is 0. The molecule has 0 aromatic heterocycles. The average Bonchev–Trinajstić information content (AvgIpc) is 2.66. The van der Waals surface area contributed by atoms with Crippen LogP contribution >= 0.6 is 0 Å². The molecular weight excluding hydrogens is 359 g/mol. The molecule has 158 valence electrons. The van der Waals surface area contributed by atoms with Crippen LogP contribution in [0.5, 0.6) is 0 Å². The normalized spacial score (nSPS) is 11.5. The summed E-state index contributed by atoms with van der Waals surface area (Å²) in [5.41, 5.74) is -1.26. The fraction of sp³-hybridized carbons (Fsp3) is 0.833. The number of carboxylic acids is 1. The van der Waals surface area contributed by atoms with Crippen LogP contribution in [0, 0.1) is 5.41 Å². The van der Waals surface area contributed by atoms with Crippen molar-refractivity contribution >= 4 is 11.8 Å². The number of aliphatic carboxylic acids is 1. The molecule has 0 fully saturated rings. The smallest absolute Gasteiger partial charge is 0.549 e. The van der Waals surface area contributed by atoms with Crippen molar-refractivity contribution in [2.75, 3.05) is 0 Å². The fourth-order valence-electron chi connectivity index (χ4n) is 3.64. The van der Waals surface area contributed by atoms with Crippen molar-refractivity contribution in [1.82, 2.24) is 0 Å². The van der Waals surface area contributed by atoms with Crippen molar-refractivity contribution < 1.29 is 44.3 Å². The standard InChI is InChI=1S/C24H44O3.Na/c1-4-7-8-9-10-11-12-13-14-15-16-17-18-19-20-21-22(25)24(5-2,6-3)23(26)27;/h13-14H,4-12,15-21H2,1-3H3,(H,26,27);/q;+1/p-1/b14-13-;. The molecule has 0 spiro atoms. The summed E-state index contributed by atoms with van der Waals surface area (Å²) in [6, 6.07) is 0. The molecule has 0 atom stereocenters. The van der Waals surface area contributed by atoms with Crippen LogP contribution in [0.2, 0.25) is 0 Å². The topological polar surface area (TPSA) is 57.2 Å².